The predicted molar refractivity (Wildman–Crippen MR) is 101 cm³/mol. The van der Waals surface area contributed by atoms with Gasteiger partial charge in [-0.25, -0.2) is 9.97 Å². The Morgan fingerprint density at radius 3 is 2.56 bits per heavy atom. The van der Waals surface area contributed by atoms with E-state index in [9.17, 15) is 0 Å². The fourth-order valence-electron chi connectivity index (χ4n) is 3.82. The molecule has 2 aliphatic heterocycles. The zero-order valence-electron chi connectivity index (χ0n) is 16.2. The Kier molecular flexibility index (Phi) is 5.63. The SMILES string of the molecule is CCc1nc(CN2CCC(c3cc(N4CCOCC4)nc(C)n3)CC2)no1. The van der Waals surface area contributed by atoms with Crippen LogP contribution in [0.25, 0.3) is 0 Å². The van der Waals surface area contributed by atoms with E-state index in [0.717, 1.165) is 82.7 Å². The number of morpholine rings is 1. The quantitative estimate of drug-likeness (QED) is 0.788. The maximum atomic E-state index is 5.46. The van der Waals surface area contributed by atoms with Gasteiger partial charge in [-0.1, -0.05) is 12.1 Å². The zero-order valence-corrected chi connectivity index (χ0v) is 16.2. The van der Waals surface area contributed by atoms with Gasteiger partial charge in [-0.05, 0) is 32.9 Å². The van der Waals surface area contributed by atoms with Crippen molar-refractivity contribution < 1.29 is 9.26 Å². The van der Waals surface area contributed by atoms with Gasteiger partial charge in [0.1, 0.15) is 11.6 Å². The second-order valence-electron chi connectivity index (χ2n) is 7.31. The summed E-state index contributed by atoms with van der Waals surface area (Å²) in [7, 11) is 0. The third-order valence-electron chi connectivity index (χ3n) is 5.36. The summed E-state index contributed by atoms with van der Waals surface area (Å²) in [6.45, 7) is 10.2. The van der Waals surface area contributed by atoms with Gasteiger partial charge in [-0.15, -0.1) is 0 Å². The normalized spacial score (nSPS) is 19.6. The third-order valence-corrected chi connectivity index (χ3v) is 5.36. The molecule has 0 aliphatic carbocycles. The van der Waals surface area contributed by atoms with Crippen LogP contribution in [-0.2, 0) is 17.7 Å². The van der Waals surface area contributed by atoms with Crippen LogP contribution >= 0.6 is 0 Å². The first kappa shape index (κ1) is 18.3. The van der Waals surface area contributed by atoms with Crippen LogP contribution in [0.5, 0.6) is 0 Å². The molecule has 8 nitrogen and oxygen atoms in total. The molecule has 0 N–H and O–H groups in total. The van der Waals surface area contributed by atoms with Crippen LogP contribution in [0.4, 0.5) is 5.82 Å². The molecular weight excluding hydrogens is 344 g/mol. The van der Waals surface area contributed by atoms with Crippen molar-refractivity contribution in [3.05, 3.63) is 29.3 Å². The van der Waals surface area contributed by atoms with E-state index >= 15 is 0 Å². The first-order valence-corrected chi connectivity index (χ1v) is 9.93. The molecule has 0 unspecified atom stereocenters. The lowest BCUT2D eigenvalue weighted by Crippen LogP contribution is -2.37. The van der Waals surface area contributed by atoms with Gasteiger partial charge < -0.3 is 14.2 Å². The van der Waals surface area contributed by atoms with E-state index in [2.05, 4.69) is 31.0 Å². The van der Waals surface area contributed by atoms with E-state index in [1.165, 1.54) is 5.69 Å². The molecule has 2 saturated heterocycles. The molecule has 27 heavy (non-hydrogen) atoms. The molecule has 2 fully saturated rings. The van der Waals surface area contributed by atoms with E-state index in [4.69, 9.17) is 14.2 Å². The minimum Gasteiger partial charge on any atom is -0.378 e. The van der Waals surface area contributed by atoms with Crippen LogP contribution in [0.15, 0.2) is 10.6 Å². The number of piperidine rings is 1. The molecule has 0 aromatic carbocycles. The van der Waals surface area contributed by atoms with E-state index in [-0.39, 0.29) is 0 Å². The second-order valence-corrected chi connectivity index (χ2v) is 7.31. The van der Waals surface area contributed by atoms with E-state index < -0.39 is 0 Å². The largest absolute Gasteiger partial charge is 0.378 e. The van der Waals surface area contributed by atoms with E-state index in [1.54, 1.807) is 0 Å². The van der Waals surface area contributed by atoms with Crippen molar-refractivity contribution >= 4 is 5.82 Å². The van der Waals surface area contributed by atoms with Crippen molar-refractivity contribution in [3.63, 3.8) is 0 Å². The summed E-state index contributed by atoms with van der Waals surface area (Å²) in [6, 6.07) is 2.19. The number of anilines is 1. The highest BCUT2D eigenvalue weighted by molar-refractivity contribution is 5.41. The minimum absolute atomic E-state index is 0.485. The van der Waals surface area contributed by atoms with Crippen molar-refractivity contribution in [2.24, 2.45) is 0 Å². The standard InChI is InChI=1S/C19H28N6O2/c1-3-19-22-17(23-27-19)13-24-6-4-15(5-7-24)16-12-18(21-14(2)20-16)25-8-10-26-11-9-25/h12,15H,3-11,13H2,1-2H3. The lowest BCUT2D eigenvalue weighted by atomic mass is 9.93. The van der Waals surface area contributed by atoms with Crippen molar-refractivity contribution in [3.8, 4) is 0 Å². The second kappa shape index (κ2) is 8.31. The highest BCUT2D eigenvalue weighted by Crippen LogP contribution is 2.29. The van der Waals surface area contributed by atoms with Gasteiger partial charge in [0.2, 0.25) is 5.89 Å². The van der Waals surface area contributed by atoms with Crippen molar-refractivity contribution in [1.29, 1.82) is 0 Å². The van der Waals surface area contributed by atoms with Crippen molar-refractivity contribution in [2.75, 3.05) is 44.3 Å². The Hall–Kier alpha value is -2.06. The maximum absolute atomic E-state index is 5.46. The highest BCUT2D eigenvalue weighted by atomic mass is 16.5. The molecule has 4 heterocycles. The molecule has 4 rings (SSSR count). The molecule has 0 spiro atoms. The highest BCUT2D eigenvalue weighted by Gasteiger charge is 2.24. The summed E-state index contributed by atoms with van der Waals surface area (Å²) in [5, 5.41) is 4.07. The predicted octanol–water partition coefficient (Wildman–Crippen LogP) is 1.95. The topological polar surface area (TPSA) is 80.4 Å². The Morgan fingerprint density at radius 2 is 1.85 bits per heavy atom. The summed E-state index contributed by atoms with van der Waals surface area (Å²) in [5.74, 6) is 3.89. The van der Waals surface area contributed by atoms with Gasteiger partial charge >= 0.3 is 0 Å². The van der Waals surface area contributed by atoms with Gasteiger partial charge in [0, 0.05) is 37.2 Å². The average molecular weight is 372 g/mol. The number of ether oxygens (including phenoxy) is 1. The lowest BCUT2D eigenvalue weighted by Gasteiger charge is -2.32. The molecular formula is C19H28N6O2. The van der Waals surface area contributed by atoms with Crippen LogP contribution in [0.2, 0.25) is 0 Å². The van der Waals surface area contributed by atoms with Crippen LogP contribution in [-0.4, -0.2) is 64.4 Å². The van der Waals surface area contributed by atoms with Gasteiger partial charge in [-0.3, -0.25) is 4.90 Å². The molecule has 0 saturated carbocycles. The molecule has 2 aliphatic rings. The van der Waals surface area contributed by atoms with Gasteiger partial charge in [0.25, 0.3) is 0 Å². The van der Waals surface area contributed by atoms with Gasteiger partial charge in [-0.2, -0.15) is 4.98 Å². The Balaban J connectivity index is 1.38. The summed E-state index contributed by atoms with van der Waals surface area (Å²) in [5.41, 5.74) is 1.18. The number of aromatic nitrogens is 4. The van der Waals surface area contributed by atoms with Gasteiger partial charge in [0.15, 0.2) is 5.82 Å². The van der Waals surface area contributed by atoms with Crippen molar-refractivity contribution in [1.82, 2.24) is 25.0 Å². The monoisotopic (exact) mass is 372 g/mol. The number of likely N-dealkylation sites (tertiary alicyclic amines) is 1. The number of hydrogen-bond acceptors (Lipinski definition) is 8. The molecule has 0 atom stereocenters. The van der Waals surface area contributed by atoms with Crippen LogP contribution in [0, 0.1) is 6.92 Å². The van der Waals surface area contributed by atoms with Crippen LogP contribution < -0.4 is 4.90 Å². The maximum Gasteiger partial charge on any atom is 0.226 e. The minimum atomic E-state index is 0.485. The number of hydrogen-bond donors (Lipinski definition) is 0. The summed E-state index contributed by atoms with van der Waals surface area (Å²) < 4.78 is 10.7. The molecule has 8 heteroatoms. The fourth-order valence-corrected chi connectivity index (χ4v) is 3.82. The van der Waals surface area contributed by atoms with E-state index in [0.29, 0.717) is 11.8 Å². The smallest absolute Gasteiger partial charge is 0.226 e. The zero-order chi connectivity index (χ0) is 18.6. The molecule has 0 radical (unpaired) electrons. The fraction of sp³-hybridized carbons (Fsp3) is 0.684. The summed E-state index contributed by atoms with van der Waals surface area (Å²) >= 11 is 0. The number of nitrogens with zero attached hydrogens (tertiary/aromatic N) is 6. The Morgan fingerprint density at radius 1 is 1.07 bits per heavy atom. The Labute approximate surface area is 159 Å². The Bertz CT molecular complexity index is 750. The third kappa shape index (κ3) is 4.44. The summed E-state index contributed by atoms with van der Waals surface area (Å²) in [4.78, 5) is 18.5. The van der Waals surface area contributed by atoms with Crippen molar-refractivity contribution in [2.45, 2.75) is 45.6 Å². The molecule has 2 aromatic heterocycles. The lowest BCUT2D eigenvalue weighted by molar-refractivity contribution is 0.122. The van der Waals surface area contributed by atoms with Crippen LogP contribution in [0.1, 0.15) is 48.9 Å². The van der Waals surface area contributed by atoms with Gasteiger partial charge in [0.05, 0.1) is 19.8 Å². The van der Waals surface area contributed by atoms with Crippen LogP contribution in [0.3, 0.4) is 0 Å². The molecule has 0 bridgehead atoms. The first-order chi connectivity index (χ1) is 13.2. The number of rotatable bonds is 5. The molecule has 146 valence electrons. The average Bonchev–Trinajstić information content (AvgIpc) is 3.16. The van der Waals surface area contributed by atoms with E-state index in [1.807, 2.05) is 13.8 Å². The molecule has 0 amide bonds. The summed E-state index contributed by atoms with van der Waals surface area (Å²) in [6.07, 6.45) is 2.97. The first-order valence-electron chi connectivity index (χ1n) is 9.93. The molecule has 2 aromatic rings. The number of aryl methyl sites for hydroxylation is 2.